The molecule has 0 radical (unpaired) electrons. The van der Waals surface area contributed by atoms with Gasteiger partial charge in [-0.1, -0.05) is 22.9 Å². The zero-order chi connectivity index (χ0) is 20.4. The van der Waals surface area contributed by atoms with E-state index >= 15 is 0 Å². The molecule has 0 atom stereocenters. The standard InChI is InChI=1S/C20H23ClN2O4S/c1-11-18(12(2)24)28-20(23(11)10-13-7-15(8-13)26-3)22-19(25)16-9-14(21)5-6-17(16)27-4/h5-6,9,13,15H,7-8,10H2,1-4H3/b22-20-/t13-,15+. The van der Waals surface area contributed by atoms with Gasteiger partial charge >= 0.3 is 0 Å². The molecule has 8 heteroatoms. The molecule has 1 heterocycles. The first kappa shape index (κ1) is 20.8. The van der Waals surface area contributed by atoms with Crippen LogP contribution >= 0.6 is 22.9 Å². The summed E-state index contributed by atoms with van der Waals surface area (Å²) in [6.07, 6.45) is 2.21. The number of ether oxygens (including phenoxy) is 2. The van der Waals surface area contributed by atoms with Crippen molar-refractivity contribution in [3.8, 4) is 5.75 Å². The minimum atomic E-state index is -0.451. The molecule has 1 aromatic carbocycles. The highest BCUT2D eigenvalue weighted by atomic mass is 35.5. The monoisotopic (exact) mass is 422 g/mol. The van der Waals surface area contributed by atoms with E-state index in [2.05, 4.69) is 4.99 Å². The van der Waals surface area contributed by atoms with Gasteiger partial charge in [-0.15, -0.1) is 0 Å². The predicted molar refractivity (Wildman–Crippen MR) is 108 cm³/mol. The number of hydrogen-bond acceptors (Lipinski definition) is 5. The molecule has 0 aliphatic heterocycles. The van der Waals surface area contributed by atoms with Crippen molar-refractivity contribution < 1.29 is 19.1 Å². The summed E-state index contributed by atoms with van der Waals surface area (Å²) in [5, 5.41) is 0.430. The number of nitrogens with zero attached hydrogens (tertiary/aromatic N) is 2. The second kappa shape index (κ2) is 8.59. The van der Waals surface area contributed by atoms with Gasteiger partial charge in [0.15, 0.2) is 10.6 Å². The van der Waals surface area contributed by atoms with Crippen molar-refractivity contribution in [3.63, 3.8) is 0 Å². The fourth-order valence-corrected chi connectivity index (χ4v) is 4.59. The molecule has 1 aliphatic carbocycles. The van der Waals surface area contributed by atoms with Gasteiger partial charge in [-0.3, -0.25) is 9.59 Å². The lowest BCUT2D eigenvalue weighted by atomic mass is 9.82. The maximum atomic E-state index is 12.8. The van der Waals surface area contributed by atoms with Crippen LogP contribution in [-0.4, -0.2) is 36.6 Å². The van der Waals surface area contributed by atoms with Crippen molar-refractivity contribution >= 4 is 34.6 Å². The maximum Gasteiger partial charge on any atom is 0.283 e. The molecule has 3 rings (SSSR count). The van der Waals surface area contributed by atoms with E-state index in [-0.39, 0.29) is 11.9 Å². The van der Waals surface area contributed by atoms with E-state index in [9.17, 15) is 9.59 Å². The number of ketones is 1. The van der Waals surface area contributed by atoms with Crippen LogP contribution in [-0.2, 0) is 11.3 Å². The van der Waals surface area contributed by atoms with Crippen LogP contribution in [0.5, 0.6) is 5.75 Å². The molecule has 1 fully saturated rings. The zero-order valence-electron chi connectivity index (χ0n) is 16.3. The second-order valence-corrected chi connectivity index (χ2v) is 8.34. The molecule has 1 aliphatic rings. The van der Waals surface area contributed by atoms with E-state index in [4.69, 9.17) is 21.1 Å². The number of carbonyl (C=O) groups is 2. The number of Topliss-reactive ketones (excluding diaryl/α,β-unsaturated/α-hetero) is 1. The van der Waals surface area contributed by atoms with Crippen LogP contribution in [0.1, 0.15) is 45.5 Å². The van der Waals surface area contributed by atoms with Gasteiger partial charge in [-0.25, -0.2) is 0 Å². The number of methoxy groups -OCH3 is 2. The first-order valence-corrected chi connectivity index (χ1v) is 10.2. The summed E-state index contributed by atoms with van der Waals surface area (Å²) < 4.78 is 12.6. The summed E-state index contributed by atoms with van der Waals surface area (Å²) in [6.45, 7) is 4.12. The lowest BCUT2D eigenvalue weighted by molar-refractivity contribution is -0.00479. The first-order chi connectivity index (χ1) is 13.3. The van der Waals surface area contributed by atoms with Crippen LogP contribution in [0.25, 0.3) is 0 Å². The summed E-state index contributed by atoms with van der Waals surface area (Å²) in [4.78, 5) is 30.3. The number of benzene rings is 1. The Morgan fingerprint density at radius 2 is 2.04 bits per heavy atom. The van der Waals surface area contributed by atoms with E-state index in [1.54, 1.807) is 19.2 Å². The lowest BCUT2D eigenvalue weighted by Crippen LogP contribution is -2.35. The highest BCUT2D eigenvalue weighted by Crippen LogP contribution is 2.31. The van der Waals surface area contributed by atoms with E-state index in [1.807, 2.05) is 11.5 Å². The van der Waals surface area contributed by atoms with Crippen molar-refractivity contribution in [1.82, 2.24) is 4.57 Å². The number of thiazole rings is 1. The summed E-state index contributed by atoms with van der Waals surface area (Å²) in [7, 11) is 3.21. The van der Waals surface area contributed by atoms with Crippen molar-refractivity contribution in [2.45, 2.75) is 39.3 Å². The third-order valence-electron chi connectivity index (χ3n) is 5.03. The first-order valence-electron chi connectivity index (χ1n) is 9.00. The van der Waals surface area contributed by atoms with Gasteiger partial charge in [0.25, 0.3) is 5.91 Å². The molecule has 1 saturated carbocycles. The predicted octanol–water partition coefficient (Wildman–Crippen LogP) is 3.89. The Morgan fingerprint density at radius 1 is 1.32 bits per heavy atom. The van der Waals surface area contributed by atoms with E-state index in [0.717, 1.165) is 18.5 Å². The number of rotatable bonds is 6. The van der Waals surface area contributed by atoms with Crippen LogP contribution in [0.15, 0.2) is 23.2 Å². The Hall–Kier alpha value is -1.96. The quantitative estimate of drug-likeness (QED) is 0.662. The Labute approximate surface area is 172 Å². The minimum absolute atomic E-state index is 0.0335. The molecule has 0 unspecified atom stereocenters. The number of carbonyl (C=O) groups excluding carboxylic acids is 2. The summed E-state index contributed by atoms with van der Waals surface area (Å²) >= 11 is 7.28. The molecule has 0 N–H and O–H groups in total. The third-order valence-corrected chi connectivity index (χ3v) is 6.55. The van der Waals surface area contributed by atoms with Crippen molar-refractivity contribution in [2.24, 2.45) is 10.9 Å². The van der Waals surface area contributed by atoms with Gasteiger partial charge in [0, 0.05) is 31.3 Å². The highest BCUT2D eigenvalue weighted by molar-refractivity contribution is 7.11. The topological polar surface area (TPSA) is 69.9 Å². The molecule has 150 valence electrons. The summed E-state index contributed by atoms with van der Waals surface area (Å²) in [5.41, 5.74) is 1.13. The Kier molecular flexibility index (Phi) is 6.37. The number of aromatic nitrogens is 1. The van der Waals surface area contributed by atoms with Crippen molar-refractivity contribution in [2.75, 3.05) is 14.2 Å². The van der Waals surface area contributed by atoms with E-state index in [0.29, 0.717) is 38.5 Å². The summed E-state index contributed by atoms with van der Waals surface area (Å²) in [5.74, 6) is 0.362. The van der Waals surface area contributed by atoms with Gasteiger partial charge < -0.3 is 14.0 Å². The summed E-state index contributed by atoms with van der Waals surface area (Å²) in [6, 6.07) is 4.83. The molecule has 0 saturated heterocycles. The van der Waals surface area contributed by atoms with Crippen LogP contribution in [0.4, 0.5) is 0 Å². The van der Waals surface area contributed by atoms with Crippen LogP contribution in [0.2, 0.25) is 5.02 Å². The normalized spacial score (nSPS) is 19.4. The molecule has 1 amide bonds. The van der Waals surface area contributed by atoms with Crippen molar-refractivity contribution in [1.29, 1.82) is 0 Å². The smallest absolute Gasteiger partial charge is 0.283 e. The molecule has 28 heavy (non-hydrogen) atoms. The maximum absolute atomic E-state index is 12.8. The number of amides is 1. The molecule has 6 nitrogen and oxygen atoms in total. The Balaban J connectivity index is 2.00. The van der Waals surface area contributed by atoms with Crippen LogP contribution in [0, 0.1) is 12.8 Å². The SMILES string of the molecule is COc1ccc(Cl)cc1C(=O)/N=c1\sc(C(C)=O)c(C)n1C[C@H]1C[C@@H](OC)C1. The second-order valence-electron chi connectivity index (χ2n) is 6.92. The largest absolute Gasteiger partial charge is 0.496 e. The Morgan fingerprint density at radius 3 is 2.64 bits per heavy atom. The average molecular weight is 423 g/mol. The lowest BCUT2D eigenvalue weighted by Gasteiger charge is -2.34. The molecule has 1 aromatic heterocycles. The number of hydrogen-bond donors (Lipinski definition) is 0. The molecule has 0 spiro atoms. The molecule has 0 bridgehead atoms. The van der Waals surface area contributed by atoms with Crippen LogP contribution < -0.4 is 9.54 Å². The molecular formula is C20H23ClN2O4S. The molecular weight excluding hydrogens is 400 g/mol. The van der Waals surface area contributed by atoms with Gasteiger partial charge in [0.2, 0.25) is 0 Å². The zero-order valence-corrected chi connectivity index (χ0v) is 17.9. The van der Waals surface area contributed by atoms with E-state index < -0.39 is 5.91 Å². The molecule has 2 aromatic rings. The van der Waals surface area contributed by atoms with Gasteiger partial charge in [-0.05, 0) is 43.9 Å². The number of halogens is 1. The van der Waals surface area contributed by atoms with Gasteiger partial charge in [-0.2, -0.15) is 4.99 Å². The fraction of sp³-hybridized carbons (Fsp3) is 0.450. The van der Waals surface area contributed by atoms with Crippen LogP contribution in [0.3, 0.4) is 0 Å². The average Bonchev–Trinajstić information content (AvgIpc) is 2.93. The highest BCUT2D eigenvalue weighted by Gasteiger charge is 2.30. The van der Waals surface area contributed by atoms with Gasteiger partial charge in [0.05, 0.1) is 23.7 Å². The Bertz CT molecular complexity index is 973. The fourth-order valence-electron chi connectivity index (χ4n) is 3.38. The van der Waals surface area contributed by atoms with E-state index in [1.165, 1.54) is 31.4 Å². The van der Waals surface area contributed by atoms with Gasteiger partial charge in [0.1, 0.15) is 5.75 Å². The van der Waals surface area contributed by atoms with Crippen molar-refractivity contribution in [3.05, 3.63) is 44.2 Å². The third kappa shape index (κ3) is 4.21. The minimum Gasteiger partial charge on any atom is -0.496 e.